The van der Waals surface area contributed by atoms with Crippen LogP contribution < -0.4 is 27.1 Å². The molecule has 2 atom stereocenters. The van der Waals surface area contributed by atoms with Gasteiger partial charge in [-0.25, -0.2) is 5.53 Å². The summed E-state index contributed by atoms with van der Waals surface area (Å²) in [6, 6.07) is 13.6. The largest absolute Gasteiger partial charge is 0.480 e. The van der Waals surface area contributed by atoms with Crippen molar-refractivity contribution in [3.8, 4) is 11.1 Å². The molecule has 0 bridgehead atoms. The Balaban J connectivity index is 1.75. The second-order valence-electron chi connectivity index (χ2n) is 6.74. The zero-order valence-corrected chi connectivity index (χ0v) is 17.0. The van der Waals surface area contributed by atoms with Crippen molar-refractivity contribution in [1.29, 1.82) is 0 Å². The molecular weight excluding hydrogens is 408 g/mol. The number of rotatable bonds is 8. The average molecular weight is 431 g/mol. The minimum absolute atomic E-state index is 0.200. The summed E-state index contributed by atoms with van der Waals surface area (Å²) in [5, 5.41) is 19.4. The van der Waals surface area contributed by atoms with Gasteiger partial charge in [0.05, 0.1) is 6.04 Å². The van der Waals surface area contributed by atoms with Crippen LogP contribution in [0.25, 0.3) is 11.1 Å². The number of hydrogen-bond acceptors (Lipinski definition) is 7. The number of nitrogens with zero attached hydrogens (tertiary/aromatic N) is 1. The van der Waals surface area contributed by atoms with E-state index in [9.17, 15) is 14.7 Å². The van der Waals surface area contributed by atoms with Gasteiger partial charge in [0.25, 0.3) is 0 Å². The van der Waals surface area contributed by atoms with Crippen molar-refractivity contribution in [2.75, 3.05) is 0 Å². The summed E-state index contributed by atoms with van der Waals surface area (Å²) in [5.41, 5.74) is 10.5. The molecular formula is C20H23ClN6O3. The highest BCUT2D eigenvalue weighted by molar-refractivity contribution is 6.30. The number of benzene rings is 2. The van der Waals surface area contributed by atoms with Crippen LogP contribution in [0, 0.1) is 0 Å². The lowest BCUT2D eigenvalue weighted by atomic mass is 9.99. The predicted molar refractivity (Wildman–Crippen MR) is 114 cm³/mol. The van der Waals surface area contributed by atoms with Gasteiger partial charge in [-0.3, -0.25) is 25.6 Å². The maximum Gasteiger partial charge on any atom is 0.320 e. The van der Waals surface area contributed by atoms with Crippen LogP contribution >= 0.6 is 11.6 Å². The van der Waals surface area contributed by atoms with Gasteiger partial charge in [0.15, 0.2) is 0 Å². The number of hydrazine groups is 2. The van der Waals surface area contributed by atoms with E-state index >= 15 is 0 Å². The molecule has 0 aromatic heterocycles. The number of halogens is 1. The second-order valence-corrected chi connectivity index (χ2v) is 7.18. The summed E-state index contributed by atoms with van der Waals surface area (Å²) in [7, 11) is 0. The maximum atomic E-state index is 12.7. The number of hydrazone groups is 1. The lowest BCUT2D eigenvalue weighted by molar-refractivity contribution is -0.140. The van der Waals surface area contributed by atoms with Crippen LogP contribution in [0.15, 0.2) is 53.6 Å². The summed E-state index contributed by atoms with van der Waals surface area (Å²) in [5.74, 6) is -1.21. The van der Waals surface area contributed by atoms with Crippen LogP contribution in [-0.2, 0) is 16.0 Å². The van der Waals surface area contributed by atoms with Crippen molar-refractivity contribution >= 4 is 29.4 Å². The molecule has 0 saturated heterocycles. The van der Waals surface area contributed by atoms with E-state index in [0.29, 0.717) is 17.9 Å². The fourth-order valence-corrected chi connectivity index (χ4v) is 3.22. The standard InChI is InChI=1S/C20H23ClN6O3/c1-2-16(19(29)30)22-17(18(28)23-20-24-26-27-25-20)10-12-6-8-13(9-7-12)14-4-3-5-15(21)11-14/h3-9,11,16-17,22,26-27H,2,10H2,1H3,(H,29,30)(H2,23,24,25,28)/t16-,17-/m0/s1. The van der Waals surface area contributed by atoms with E-state index in [1.807, 2.05) is 48.5 Å². The number of carboxylic acid groups (broad SMARTS) is 1. The number of carboxylic acids is 1. The number of guanidine groups is 1. The van der Waals surface area contributed by atoms with E-state index in [1.165, 1.54) is 0 Å². The number of hydrogen-bond donors (Lipinski definition) is 6. The number of carbonyl (C=O) groups excluding carboxylic acids is 1. The molecule has 0 aliphatic carbocycles. The molecule has 1 aliphatic rings. The Morgan fingerprint density at radius 3 is 2.50 bits per heavy atom. The Labute approximate surface area is 178 Å². The van der Waals surface area contributed by atoms with Crippen LogP contribution in [0.1, 0.15) is 18.9 Å². The summed E-state index contributed by atoms with van der Waals surface area (Å²) in [4.78, 5) is 24.2. The van der Waals surface area contributed by atoms with Gasteiger partial charge in [-0.05, 0) is 41.7 Å². The summed E-state index contributed by atoms with van der Waals surface area (Å²) in [6.07, 6.45) is 0.648. The lowest BCUT2D eigenvalue weighted by Crippen LogP contribution is -2.54. The van der Waals surface area contributed by atoms with Gasteiger partial charge in [0, 0.05) is 5.02 Å². The number of aliphatic carboxylic acids is 1. The molecule has 0 radical (unpaired) electrons. The number of amides is 1. The van der Waals surface area contributed by atoms with Crippen LogP contribution in [0.2, 0.25) is 5.02 Å². The first-order valence-electron chi connectivity index (χ1n) is 9.44. The normalized spacial score (nSPS) is 14.8. The van der Waals surface area contributed by atoms with Gasteiger partial charge >= 0.3 is 5.97 Å². The van der Waals surface area contributed by atoms with Gasteiger partial charge < -0.3 is 5.11 Å². The molecule has 30 heavy (non-hydrogen) atoms. The summed E-state index contributed by atoms with van der Waals surface area (Å²) in [6.45, 7) is 1.75. The minimum atomic E-state index is -1.01. The number of carbonyl (C=O) groups is 2. The van der Waals surface area contributed by atoms with Crippen LogP contribution in [0.5, 0.6) is 0 Å². The molecule has 9 nitrogen and oxygen atoms in total. The molecule has 1 heterocycles. The Bertz CT molecular complexity index is 934. The van der Waals surface area contributed by atoms with Crippen molar-refractivity contribution in [1.82, 2.24) is 27.1 Å². The third-order valence-corrected chi connectivity index (χ3v) is 4.86. The fourth-order valence-electron chi connectivity index (χ4n) is 3.03. The van der Waals surface area contributed by atoms with E-state index in [-0.39, 0.29) is 5.96 Å². The zero-order chi connectivity index (χ0) is 21.5. The van der Waals surface area contributed by atoms with Gasteiger partial charge in [0.2, 0.25) is 11.9 Å². The van der Waals surface area contributed by atoms with Gasteiger partial charge in [-0.1, -0.05) is 54.9 Å². The molecule has 2 aromatic rings. The molecule has 0 saturated carbocycles. The van der Waals surface area contributed by atoms with Crippen molar-refractivity contribution < 1.29 is 14.7 Å². The minimum Gasteiger partial charge on any atom is -0.480 e. The molecule has 2 aromatic carbocycles. The zero-order valence-electron chi connectivity index (χ0n) is 16.3. The van der Waals surface area contributed by atoms with Crippen LogP contribution in [-0.4, -0.2) is 35.0 Å². The maximum absolute atomic E-state index is 12.7. The molecule has 1 amide bonds. The Kier molecular flexibility index (Phi) is 7.23. The third-order valence-electron chi connectivity index (χ3n) is 4.62. The highest BCUT2D eigenvalue weighted by Crippen LogP contribution is 2.23. The first-order chi connectivity index (χ1) is 14.5. The quantitative estimate of drug-likeness (QED) is 0.373. The molecule has 0 fully saturated rings. The van der Waals surface area contributed by atoms with Crippen molar-refractivity contribution in [3.63, 3.8) is 0 Å². The Hall–Kier alpha value is -3.14. The smallest absolute Gasteiger partial charge is 0.320 e. The SMILES string of the molecule is CC[C@H](N[C@@H](Cc1ccc(-c2cccc(Cl)c2)cc1)C(=O)NC1=NNNN1)C(=O)O. The summed E-state index contributed by atoms with van der Waals surface area (Å²) < 4.78 is 0. The van der Waals surface area contributed by atoms with E-state index in [4.69, 9.17) is 11.6 Å². The van der Waals surface area contributed by atoms with Gasteiger partial charge in [0.1, 0.15) is 6.04 Å². The lowest BCUT2D eigenvalue weighted by Gasteiger charge is -2.22. The van der Waals surface area contributed by atoms with E-state index in [0.717, 1.165) is 16.7 Å². The van der Waals surface area contributed by atoms with Crippen molar-refractivity contribution in [2.24, 2.45) is 5.10 Å². The van der Waals surface area contributed by atoms with Gasteiger partial charge in [-0.15, -0.1) is 10.6 Å². The topological polar surface area (TPSA) is 127 Å². The van der Waals surface area contributed by atoms with E-state index in [1.54, 1.807) is 6.92 Å². The molecule has 0 spiro atoms. The second kappa shape index (κ2) is 10.1. The summed E-state index contributed by atoms with van der Waals surface area (Å²) >= 11 is 6.06. The average Bonchev–Trinajstić information content (AvgIpc) is 3.24. The molecule has 6 N–H and O–H groups in total. The first kappa shape index (κ1) is 21.6. The molecule has 10 heteroatoms. The molecule has 158 valence electrons. The Morgan fingerprint density at radius 1 is 1.13 bits per heavy atom. The Morgan fingerprint density at radius 2 is 1.90 bits per heavy atom. The fraction of sp³-hybridized carbons (Fsp3) is 0.250. The molecule has 3 rings (SSSR count). The molecule has 1 aliphatic heterocycles. The van der Waals surface area contributed by atoms with Crippen LogP contribution in [0.4, 0.5) is 0 Å². The predicted octanol–water partition coefficient (Wildman–Crippen LogP) is 1.37. The highest BCUT2D eigenvalue weighted by Gasteiger charge is 2.26. The third kappa shape index (κ3) is 5.69. The van der Waals surface area contributed by atoms with Gasteiger partial charge in [-0.2, -0.15) is 0 Å². The number of nitrogens with one attached hydrogen (secondary N) is 5. The van der Waals surface area contributed by atoms with Crippen LogP contribution in [0.3, 0.4) is 0 Å². The first-order valence-corrected chi connectivity index (χ1v) is 9.82. The van der Waals surface area contributed by atoms with E-state index < -0.39 is 24.0 Å². The van der Waals surface area contributed by atoms with E-state index in [2.05, 4.69) is 32.2 Å². The highest BCUT2D eigenvalue weighted by atomic mass is 35.5. The molecule has 0 unspecified atom stereocenters. The van der Waals surface area contributed by atoms with Crippen molar-refractivity contribution in [3.05, 3.63) is 59.1 Å². The van der Waals surface area contributed by atoms with Crippen molar-refractivity contribution in [2.45, 2.75) is 31.8 Å². The monoisotopic (exact) mass is 430 g/mol.